The summed E-state index contributed by atoms with van der Waals surface area (Å²) in [5, 5.41) is 5.05. The number of nitrogens with one attached hydrogen (secondary N) is 1. The largest absolute Gasteiger partial charge is 0.310 e. The molecule has 0 saturated heterocycles. The van der Waals surface area contributed by atoms with E-state index in [0.29, 0.717) is 11.3 Å². The number of alkyl halides is 1. The van der Waals surface area contributed by atoms with Gasteiger partial charge >= 0.3 is 0 Å². The molecule has 1 N–H and O–H groups in total. The van der Waals surface area contributed by atoms with Crippen LogP contribution in [0.3, 0.4) is 0 Å². The predicted molar refractivity (Wildman–Crippen MR) is 82.9 cm³/mol. The summed E-state index contributed by atoms with van der Waals surface area (Å²) in [5.74, 6) is 0.629. The number of hydrogen-bond donors (Lipinski definition) is 1. The van der Waals surface area contributed by atoms with Crippen molar-refractivity contribution in [3.8, 4) is 0 Å². The highest BCUT2D eigenvalue weighted by molar-refractivity contribution is 7.18. The summed E-state index contributed by atoms with van der Waals surface area (Å²) in [6.07, 6.45) is 5.06. The molecule has 1 aromatic carbocycles. The van der Waals surface area contributed by atoms with Gasteiger partial charge in [0, 0.05) is 11.9 Å². The molecule has 0 bridgehead atoms. The average molecular weight is 295 g/mol. The molecule has 0 amide bonds. The van der Waals surface area contributed by atoms with Gasteiger partial charge in [-0.25, -0.2) is 4.98 Å². The molecule has 2 atom stereocenters. The van der Waals surface area contributed by atoms with Crippen molar-refractivity contribution in [1.82, 2.24) is 10.3 Å². The zero-order chi connectivity index (χ0) is 13.1. The van der Waals surface area contributed by atoms with E-state index in [1.807, 2.05) is 6.07 Å². The first kappa shape index (κ1) is 13.3. The minimum atomic E-state index is 0.358. The number of nitrogens with zero attached hydrogens (tertiary/aromatic N) is 1. The second-order valence-corrected chi connectivity index (χ2v) is 6.94. The molecule has 1 aromatic heterocycles. The highest BCUT2D eigenvalue weighted by Crippen LogP contribution is 2.28. The predicted octanol–water partition coefficient (Wildman–Crippen LogP) is 4.18. The van der Waals surface area contributed by atoms with Crippen LogP contribution in [0, 0.1) is 5.92 Å². The first-order valence-electron chi connectivity index (χ1n) is 7.02. The number of para-hydroxylation sites is 1. The Kier molecular flexibility index (Phi) is 4.36. The summed E-state index contributed by atoms with van der Waals surface area (Å²) in [6, 6.07) is 8.31. The lowest BCUT2D eigenvalue weighted by molar-refractivity contribution is 0.348. The maximum absolute atomic E-state index is 6.38. The number of hydrogen-bond acceptors (Lipinski definition) is 3. The average Bonchev–Trinajstić information content (AvgIpc) is 2.83. The topological polar surface area (TPSA) is 24.9 Å². The maximum Gasteiger partial charge on any atom is 0.108 e. The van der Waals surface area contributed by atoms with E-state index < -0.39 is 0 Å². The summed E-state index contributed by atoms with van der Waals surface area (Å²) in [6.45, 7) is 1.88. The SMILES string of the molecule is ClC1CCCCC1CNCc1nc2ccccc2s1. The van der Waals surface area contributed by atoms with Crippen LogP contribution in [0.15, 0.2) is 24.3 Å². The van der Waals surface area contributed by atoms with Gasteiger partial charge in [0.05, 0.1) is 10.2 Å². The van der Waals surface area contributed by atoms with Crippen LogP contribution in [0.4, 0.5) is 0 Å². The standard InChI is InChI=1S/C15H19ClN2S/c16-12-6-2-1-5-11(12)9-17-10-15-18-13-7-3-4-8-14(13)19-15/h3-4,7-8,11-12,17H,1-2,5-6,9-10H2. The van der Waals surface area contributed by atoms with E-state index in [9.17, 15) is 0 Å². The Hall–Kier alpha value is -0.640. The first-order chi connectivity index (χ1) is 9.33. The number of aromatic nitrogens is 1. The molecule has 19 heavy (non-hydrogen) atoms. The molecule has 2 aromatic rings. The third kappa shape index (κ3) is 3.28. The third-order valence-electron chi connectivity index (χ3n) is 3.84. The van der Waals surface area contributed by atoms with Crippen molar-refractivity contribution < 1.29 is 0 Å². The molecule has 4 heteroatoms. The molecule has 1 heterocycles. The molecule has 0 radical (unpaired) electrons. The van der Waals surface area contributed by atoms with Gasteiger partial charge in [0.2, 0.25) is 0 Å². The van der Waals surface area contributed by atoms with Crippen molar-refractivity contribution in [3.05, 3.63) is 29.3 Å². The van der Waals surface area contributed by atoms with E-state index in [1.165, 1.54) is 35.4 Å². The van der Waals surface area contributed by atoms with E-state index in [0.717, 1.165) is 18.6 Å². The molecule has 1 aliphatic carbocycles. The number of thiazole rings is 1. The Balaban J connectivity index is 1.54. The quantitative estimate of drug-likeness (QED) is 0.856. The van der Waals surface area contributed by atoms with Gasteiger partial charge in [0.15, 0.2) is 0 Å². The number of benzene rings is 1. The highest BCUT2D eigenvalue weighted by Gasteiger charge is 2.22. The van der Waals surface area contributed by atoms with Crippen LogP contribution < -0.4 is 5.32 Å². The molecule has 2 nitrogen and oxygen atoms in total. The molecule has 3 rings (SSSR count). The Bertz CT molecular complexity index is 507. The van der Waals surface area contributed by atoms with Gasteiger partial charge in [-0.2, -0.15) is 0 Å². The molecular formula is C15H19ClN2S. The normalized spacial score (nSPS) is 23.8. The van der Waals surface area contributed by atoms with Crippen LogP contribution >= 0.6 is 22.9 Å². The Labute approximate surface area is 123 Å². The summed E-state index contributed by atoms with van der Waals surface area (Å²) >= 11 is 8.15. The second kappa shape index (κ2) is 6.21. The molecule has 1 fully saturated rings. The van der Waals surface area contributed by atoms with E-state index >= 15 is 0 Å². The zero-order valence-electron chi connectivity index (χ0n) is 10.9. The smallest absolute Gasteiger partial charge is 0.108 e. The summed E-state index contributed by atoms with van der Waals surface area (Å²) in [7, 11) is 0. The summed E-state index contributed by atoms with van der Waals surface area (Å²) in [5.41, 5.74) is 1.11. The van der Waals surface area contributed by atoms with E-state index in [-0.39, 0.29) is 0 Å². The highest BCUT2D eigenvalue weighted by atomic mass is 35.5. The van der Waals surface area contributed by atoms with Crippen LogP contribution in [0.25, 0.3) is 10.2 Å². The molecule has 1 aliphatic rings. The van der Waals surface area contributed by atoms with Crippen molar-refractivity contribution in [1.29, 1.82) is 0 Å². The van der Waals surface area contributed by atoms with Gasteiger partial charge in [-0.1, -0.05) is 25.0 Å². The van der Waals surface area contributed by atoms with Gasteiger partial charge < -0.3 is 5.32 Å². The van der Waals surface area contributed by atoms with E-state index in [2.05, 4.69) is 28.5 Å². The lowest BCUT2D eigenvalue weighted by Crippen LogP contribution is -2.30. The van der Waals surface area contributed by atoms with Gasteiger partial charge in [-0.15, -0.1) is 22.9 Å². The lowest BCUT2D eigenvalue weighted by atomic mass is 9.89. The van der Waals surface area contributed by atoms with Crippen molar-refractivity contribution in [2.24, 2.45) is 5.92 Å². The van der Waals surface area contributed by atoms with Crippen LogP contribution in [-0.4, -0.2) is 16.9 Å². The van der Waals surface area contributed by atoms with Gasteiger partial charge in [0.1, 0.15) is 5.01 Å². The Morgan fingerprint density at radius 2 is 2.11 bits per heavy atom. The lowest BCUT2D eigenvalue weighted by Gasteiger charge is -2.27. The van der Waals surface area contributed by atoms with E-state index in [4.69, 9.17) is 11.6 Å². The zero-order valence-corrected chi connectivity index (χ0v) is 12.5. The molecule has 2 unspecified atom stereocenters. The van der Waals surface area contributed by atoms with Gasteiger partial charge in [0.25, 0.3) is 0 Å². The maximum atomic E-state index is 6.38. The van der Waals surface area contributed by atoms with Crippen LogP contribution in [0.2, 0.25) is 0 Å². The van der Waals surface area contributed by atoms with E-state index in [1.54, 1.807) is 11.3 Å². The van der Waals surface area contributed by atoms with Crippen LogP contribution in [-0.2, 0) is 6.54 Å². The fraction of sp³-hybridized carbons (Fsp3) is 0.533. The molecular weight excluding hydrogens is 276 g/mol. The molecule has 1 saturated carbocycles. The Morgan fingerprint density at radius 1 is 1.26 bits per heavy atom. The van der Waals surface area contributed by atoms with Crippen molar-refractivity contribution >= 4 is 33.2 Å². The molecule has 0 spiro atoms. The minimum Gasteiger partial charge on any atom is -0.310 e. The number of rotatable bonds is 4. The summed E-state index contributed by atoms with van der Waals surface area (Å²) in [4.78, 5) is 4.64. The monoisotopic (exact) mass is 294 g/mol. The first-order valence-corrected chi connectivity index (χ1v) is 8.27. The Morgan fingerprint density at radius 3 is 2.95 bits per heavy atom. The van der Waals surface area contributed by atoms with Crippen LogP contribution in [0.1, 0.15) is 30.7 Å². The third-order valence-corrected chi connectivity index (χ3v) is 5.45. The number of fused-ring (bicyclic) bond motifs is 1. The second-order valence-electron chi connectivity index (χ2n) is 5.27. The minimum absolute atomic E-state index is 0.358. The van der Waals surface area contributed by atoms with Crippen molar-refractivity contribution in [2.45, 2.75) is 37.6 Å². The number of halogens is 1. The summed E-state index contributed by atoms with van der Waals surface area (Å²) < 4.78 is 1.27. The fourth-order valence-electron chi connectivity index (χ4n) is 2.75. The van der Waals surface area contributed by atoms with Crippen molar-refractivity contribution in [3.63, 3.8) is 0 Å². The van der Waals surface area contributed by atoms with Crippen molar-refractivity contribution in [2.75, 3.05) is 6.54 Å². The van der Waals surface area contributed by atoms with Gasteiger partial charge in [-0.3, -0.25) is 0 Å². The molecule has 0 aliphatic heterocycles. The molecule has 102 valence electrons. The van der Waals surface area contributed by atoms with Crippen LogP contribution in [0.5, 0.6) is 0 Å². The fourth-order valence-corrected chi connectivity index (χ4v) is 4.06. The van der Waals surface area contributed by atoms with Gasteiger partial charge in [-0.05, 0) is 37.4 Å².